The van der Waals surface area contributed by atoms with Crippen LogP contribution in [0.5, 0.6) is 0 Å². The average Bonchev–Trinajstić information content (AvgIpc) is 2.86. The molecule has 1 aliphatic rings. The van der Waals surface area contributed by atoms with Crippen LogP contribution >= 0.6 is 0 Å². The minimum atomic E-state index is -1.03. The number of hydrogen-bond donors (Lipinski definition) is 0. The van der Waals surface area contributed by atoms with Gasteiger partial charge in [-0.25, -0.2) is 4.39 Å². The largest absolute Gasteiger partial charge is 0.460 e. The van der Waals surface area contributed by atoms with Crippen molar-refractivity contribution in [2.75, 3.05) is 0 Å². The number of carbonyl (C=O) groups is 1. The topological polar surface area (TPSA) is 26.3 Å². The van der Waals surface area contributed by atoms with E-state index in [1.807, 2.05) is 30.3 Å². The van der Waals surface area contributed by atoms with E-state index in [1.54, 1.807) is 6.92 Å². The number of hydrogen-bond acceptors (Lipinski definition) is 2. The number of carbonyl (C=O) groups excluding carboxylic acids is 1. The predicted molar refractivity (Wildman–Crippen MR) is 53.9 cm³/mol. The monoisotopic (exact) mass is 208 g/mol. The molecule has 2 nitrogen and oxygen atoms in total. The zero-order valence-corrected chi connectivity index (χ0v) is 8.57. The Labute approximate surface area is 88.1 Å². The van der Waals surface area contributed by atoms with Crippen LogP contribution in [0.4, 0.5) is 4.39 Å². The van der Waals surface area contributed by atoms with Gasteiger partial charge in [-0.3, -0.25) is 4.79 Å². The maximum absolute atomic E-state index is 12.8. The lowest BCUT2D eigenvalue weighted by Crippen LogP contribution is -2.18. The molecule has 15 heavy (non-hydrogen) atoms. The highest BCUT2D eigenvalue weighted by Gasteiger charge is 2.58. The van der Waals surface area contributed by atoms with Gasteiger partial charge in [0, 0.05) is 0 Å². The quantitative estimate of drug-likeness (QED) is 0.713. The summed E-state index contributed by atoms with van der Waals surface area (Å²) in [6, 6.07) is 9.38. The molecule has 0 spiro atoms. The minimum absolute atomic E-state index is 0.224. The number of ether oxygens (including phenoxy) is 1. The molecular formula is C12H13FO2. The van der Waals surface area contributed by atoms with Crippen LogP contribution in [0.15, 0.2) is 30.3 Å². The fraction of sp³-hybridized carbons (Fsp3) is 0.417. The van der Waals surface area contributed by atoms with Gasteiger partial charge in [-0.05, 0) is 18.9 Å². The van der Waals surface area contributed by atoms with Crippen molar-refractivity contribution in [3.05, 3.63) is 35.9 Å². The van der Waals surface area contributed by atoms with Gasteiger partial charge in [-0.15, -0.1) is 0 Å². The van der Waals surface area contributed by atoms with Gasteiger partial charge in [-0.1, -0.05) is 30.3 Å². The maximum atomic E-state index is 12.8. The third kappa shape index (κ3) is 2.01. The van der Waals surface area contributed by atoms with E-state index < -0.39 is 17.6 Å². The summed E-state index contributed by atoms with van der Waals surface area (Å²) in [5.41, 5.74) is 0.0416. The van der Waals surface area contributed by atoms with Gasteiger partial charge in [0.1, 0.15) is 12.8 Å². The number of rotatable bonds is 3. The fourth-order valence-electron chi connectivity index (χ4n) is 1.41. The lowest BCUT2D eigenvalue weighted by Gasteiger charge is -2.08. The smallest absolute Gasteiger partial charge is 0.315 e. The summed E-state index contributed by atoms with van der Waals surface area (Å²) >= 11 is 0. The van der Waals surface area contributed by atoms with Gasteiger partial charge in [0.05, 0.1) is 5.41 Å². The van der Waals surface area contributed by atoms with Crippen molar-refractivity contribution in [2.45, 2.75) is 26.1 Å². The lowest BCUT2D eigenvalue weighted by molar-refractivity contribution is -0.151. The van der Waals surface area contributed by atoms with Crippen molar-refractivity contribution < 1.29 is 13.9 Å². The van der Waals surface area contributed by atoms with Gasteiger partial charge in [0.2, 0.25) is 0 Å². The Kier molecular flexibility index (Phi) is 2.47. The Morgan fingerprint density at radius 1 is 1.53 bits per heavy atom. The van der Waals surface area contributed by atoms with Crippen LogP contribution in [0.25, 0.3) is 0 Å². The van der Waals surface area contributed by atoms with E-state index in [9.17, 15) is 9.18 Å². The number of esters is 1. The normalized spacial score (nSPS) is 28.5. The first-order valence-electron chi connectivity index (χ1n) is 4.98. The van der Waals surface area contributed by atoms with Crippen LogP contribution in [0.1, 0.15) is 18.9 Å². The Morgan fingerprint density at radius 3 is 2.67 bits per heavy atom. The predicted octanol–water partition coefficient (Wildman–Crippen LogP) is 2.48. The molecule has 1 fully saturated rings. The summed E-state index contributed by atoms with van der Waals surface area (Å²) in [6.45, 7) is 1.83. The third-order valence-electron chi connectivity index (χ3n) is 2.81. The molecule has 1 aromatic carbocycles. The van der Waals surface area contributed by atoms with E-state index in [1.165, 1.54) is 0 Å². The van der Waals surface area contributed by atoms with Crippen LogP contribution in [-0.4, -0.2) is 12.1 Å². The molecule has 0 radical (unpaired) electrons. The summed E-state index contributed by atoms with van der Waals surface area (Å²) in [7, 11) is 0. The molecule has 0 saturated heterocycles. The first kappa shape index (κ1) is 10.1. The van der Waals surface area contributed by atoms with Crippen LogP contribution in [0.2, 0.25) is 0 Å². The van der Waals surface area contributed by atoms with Crippen molar-refractivity contribution in [1.29, 1.82) is 0 Å². The molecule has 0 N–H and O–H groups in total. The van der Waals surface area contributed by atoms with Crippen molar-refractivity contribution in [1.82, 2.24) is 0 Å². The van der Waals surface area contributed by atoms with E-state index in [0.29, 0.717) is 6.42 Å². The second kappa shape index (κ2) is 3.65. The Hall–Kier alpha value is -1.38. The summed E-state index contributed by atoms with van der Waals surface area (Å²) in [6.07, 6.45) is -0.735. The second-order valence-corrected chi connectivity index (χ2v) is 4.15. The Balaban J connectivity index is 1.87. The molecule has 2 unspecified atom stereocenters. The zero-order valence-electron chi connectivity index (χ0n) is 8.57. The lowest BCUT2D eigenvalue weighted by atomic mass is 10.1. The summed E-state index contributed by atoms with van der Waals surface area (Å²) in [4.78, 5) is 11.4. The molecule has 1 saturated carbocycles. The molecule has 3 heteroatoms. The summed E-state index contributed by atoms with van der Waals surface area (Å²) < 4.78 is 17.9. The molecule has 1 aliphatic carbocycles. The highest BCUT2D eigenvalue weighted by Crippen LogP contribution is 2.49. The third-order valence-corrected chi connectivity index (χ3v) is 2.81. The first-order chi connectivity index (χ1) is 7.13. The molecule has 0 bridgehead atoms. The van der Waals surface area contributed by atoms with Crippen molar-refractivity contribution in [3.8, 4) is 0 Å². The maximum Gasteiger partial charge on any atom is 0.315 e. The number of alkyl halides is 1. The SMILES string of the molecule is CC1(C(=O)OCc2ccccc2)CC1F. The van der Waals surface area contributed by atoms with Crippen LogP contribution < -0.4 is 0 Å². The Bertz CT molecular complexity index is 363. The van der Waals surface area contributed by atoms with Crippen molar-refractivity contribution in [2.24, 2.45) is 5.41 Å². The fourth-order valence-corrected chi connectivity index (χ4v) is 1.41. The highest BCUT2D eigenvalue weighted by atomic mass is 19.1. The van der Waals surface area contributed by atoms with Gasteiger partial charge in [-0.2, -0.15) is 0 Å². The van der Waals surface area contributed by atoms with Gasteiger partial charge < -0.3 is 4.74 Å². The molecule has 0 aromatic heterocycles. The Morgan fingerprint density at radius 2 is 2.13 bits per heavy atom. The molecule has 0 amide bonds. The minimum Gasteiger partial charge on any atom is -0.460 e. The molecule has 0 heterocycles. The molecule has 2 atom stereocenters. The number of halogens is 1. The standard InChI is InChI=1S/C12H13FO2/c1-12(7-10(12)13)11(14)15-8-9-5-3-2-4-6-9/h2-6,10H,7-8H2,1H3. The molecule has 80 valence electrons. The van der Waals surface area contributed by atoms with E-state index in [-0.39, 0.29) is 6.61 Å². The van der Waals surface area contributed by atoms with Gasteiger partial charge >= 0.3 is 5.97 Å². The van der Waals surface area contributed by atoms with Crippen LogP contribution in [0.3, 0.4) is 0 Å². The van der Waals surface area contributed by atoms with Crippen LogP contribution in [-0.2, 0) is 16.1 Å². The zero-order chi connectivity index (χ0) is 10.9. The molecule has 0 aliphatic heterocycles. The first-order valence-corrected chi connectivity index (χ1v) is 4.98. The molecule has 2 rings (SSSR count). The highest BCUT2D eigenvalue weighted by molar-refractivity contribution is 5.80. The van der Waals surface area contributed by atoms with Gasteiger partial charge in [0.25, 0.3) is 0 Å². The van der Waals surface area contributed by atoms with Gasteiger partial charge in [0.15, 0.2) is 0 Å². The van der Waals surface area contributed by atoms with E-state index in [2.05, 4.69) is 0 Å². The van der Waals surface area contributed by atoms with Crippen LogP contribution in [0, 0.1) is 5.41 Å². The van der Waals surface area contributed by atoms with E-state index >= 15 is 0 Å². The van der Waals surface area contributed by atoms with E-state index in [0.717, 1.165) is 5.56 Å². The summed E-state index contributed by atoms with van der Waals surface area (Å²) in [5.74, 6) is -0.432. The average molecular weight is 208 g/mol. The molecular weight excluding hydrogens is 195 g/mol. The van der Waals surface area contributed by atoms with E-state index in [4.69, 9.17) is 4.74 Å². The number of benzene rings is 1. The molecule has 1 aromatic rings. The summed E-state index contributed by atoms with van der Waals surface area (Å²) in [5, 5.41) is 0. The second-order valence-electron chi connectivity index (χ2n) is 4.15. The van der Waals surface area contributed by atoms with Crippen molar-refractivity contribution >= 4 is 5.97 Å². The van der Waals surface area contributed by atoms with Crippen molar-refractivity contribution in [3.63, 3.8) is 0 Å².